The van der Waals surface area contributed by atoms with Gasteiger partial charge in [0, 0.05) is 36.3 Å². The summed E-state index contributed by atoms with van der Waals surface area (Å²) in [5, 5.41) is 4.88. The van der Waals surface area contributed by atoms with Gasteiger partial charge in [0.2, 0.25) is 5.91 Å². The minimum absolute atomic E-state index is 0.0180. The lowest BCUT2D eigenvalue weighted by Crippen LogP contribution is -2.38. The summed E-state index contributed by atoms with van der Waals surface area (Å²) < 4.78 is 0. The average molecular weight is 387 g/mol. The zero-order valence-corrected chi connectivity index (χ0v) is 16.8. The van der Waals surface area contributed by atoms with E-state index in [9.17, 15) is 9.59 Å². The van der Waals surface area contributed by atoms with Crippen molar-refractivity contribution in [3.63, 3.8) is 0 Å². The van der Waals surface area contributed by atoms with E-state index < -0.39 is 0 Å². The van der Waals surface area contributed by atoms with E-state index in [2.05, 4.69) is 36.2 Å². The first kappa shape index (κ1) is 19.0. The first-order valence-electron chi connectivity index (χ1n) is 10.1. The van der Waals surface area contributed by atoms with Crippen LogP contribution < -0.4 is 15.1 Å². The quantitative estimate of drug-likeness (QED) is 0.668. The highest BCUT2D eigenvalue weighted by Crippen LogP contribution is 2.36. The van der Waals surface area contributed by atoms with E-state index >= 15 is 0 Å². The highest BCUT2D eigenvalue weighted by atomic mass is 16.2. The van der Waals surface area contributed by atoms with E-state index in [0.717, 1.165) is 35.1 Å². The summed E-state index contributed by atoms with van der Waals surface area (Å²) in [6.45, 7) is 6.66. The highest BCUT2D eigenvalue weighted by Gasteiger charge is 2.30. The SMILES string of the molecule is CCN(CC)c1ccc(CNC(=O)CN2C(=O)c3cccc4cccc2c34)cc1. The maximum absolute atomic E-state index is 12.8. The van der Waals surface area contributed by atoms with Crippen LogP contribution in [0.1, 0.15) is 29.8 Å². The number of nitrogens with one attached hydrogen (secondary N) is 1. The molecule has 2 amide bonds. The molecule has 0 aliphatic carbocycles. The smallest absolute Gasteiger partial charge is 0.259 e. The molecule has 0 fully saturated rings. The standard InChI is InChI=1S/C24H25N3O2/c1-3-26(4-2)19-13-11-17(12-14-19)15-25-22(28)16-27-21-10-6-8-18-7-5-9-20(23(18)21)24(27)29/h5-14H,3-4,15-16H2,1-2H3,(H,25,28). The zero-order chi connectivity index (χ0) is 20.4. The predicted molar refractivity (Wildman–Crippen MR) is 117 cm³/mol. The number of carbonyl (C=O) groups excluding carboxylic acids is 2. The fourth-order valence-corrected chi connectivity index (χ4v) is 3.95. The molecule has 0 unspecified atom stereocenters. The zero-order valence-electron chi connectivity index (χ0n) is 16.8. The number of benzene rings is 3. The molecule has 4 rings (SSSR count). The average Bonchev–Trinajstić information content (AvgIpc) is 3.02. The van der Waals surface area contributed by atoms with Crippen molar-refractivity contribution in [2.75, 3.05) is 29.4 Å². The molecule has 148 valence electrons. The third-order valence-corrected chi connectivity index (χ3v) is 5.51. The van der Waals surface area contributed by atoms with Crippen molar-refractivity contribution in [3.05, 3.63) is 71.8 Å². The lowest BCUT2D eigenvalue weighted by Gasteiger charge is -2.21. The second-order valence-corrected chi connectivity index (χ2v) is 7.19. The van der Waals surface area contributed by atoms with Crippen molar-refractivity contribution in [3.8, 4) is 0 Å². The number of rotatable bonds is 7. The van der Waals surface area contributed by atoms with Gasteiger partial charge in [-0.15, -0.1) is 0 Å². The van der Waals surface area contributed by atoms with Crippen LogP contribution >= 0.6 is 0 Å². The molecule has 1 heterocycles. The molecular weight excluding hydrogens is 362 g/mol. The van der Waals surface area contributed by atoms with Gasteiger partial charge < -0.3 is 10.2 Å². The maximum Gasteiger partial charge on any atom is 0.259 e. The largest absolute Gasteiger partial charge is 0.372 e. The lowest BCUT2D eigenvalue weighted by molar-refractivity contribution is -0.119. The Morgan fingerprint density at radius 2 is 1.66 bits per heavy atom. The van der Waals surface area contributed by atoms with Gasteiger partial charge in [-0.1, -0.05) is 36.4 Å². The lowest BCUT2D eigenvalue weighted by atomic mass is 10.1. The number of anilines is 2. The van der Waals surface area contributed by atoms with Crippen molar-refractivity contribution in [1.82, 2.24) is 5.32 Å². The highest BCUT2D eigenvalue weighted by molar-refractivity contribution is 6.26. The van der Waals surface area contributed by atoms with Gasteiger partial charge in [0.15, 0.2) is 0 Å². The number of amides is 2. The molecular formula is C24H25N3O2. The van der Waals surface area contributed by atoms with Gasteiger partial charge in [-0.25, -0.2) is 0 Å². The summed E-state index contributed by atoms with van der Waals surface area (Å²) in [6.07, 6.45) is 0. The van der Waals surface area contributed by atoms with Gasteiger partial charge >= 0.3 is 0 Å². The van der Waals surface area contributed by atoms with Crippen molar-refractivity contribution in [2.24, 2.45) is 0 Å². The van der Waals surface area contributed by atoms with Crippen LogP contribution in [-0.4, -0.2) is 31.4 Å². The van der Waals surface area contributed by atoms with Gasteiger partial charge in [0.25, 0.3) is 5.91 Å². The van der Waals surface area contributed by atoms with E-state index in [4.69, 9.17) is 0 Å². The van der Waals surface area contributed by atoms with Gasteiger partial charge in [-0.3, -0.25) is 14.5 Å². The monoisotopic (exact) mass is 387 g/mol. The number of hydrogen-bond acceptors (Lipinski definition) is 3. The van der Waals surface area contributed by atoms with E-state index in [1.54, 1.807) is 4.90 Å². The molecule has 5 nitrogen and oxygen atoms in total. The van der Waals surface area contributed by atoms with Crippen molar-refractivity contribution in [1.29, 1.82) is 0 Å². The maximum atomic E-state index is 12.8. The number of hydrogen-bond donors (Lipinski definition) is 1. The molecule has 0 atom stereocenters. The molecule has 0 bridgehead atoms. The van der Waals surface area contributed by atoms with Crippen LogP contribution in [0, 0.1) is 0 Å². The molecule has 0 spiro atoms. The van der Waals surface area contributed by atoms with E-state index in [1.165, 1.54) is 5.69 Å². The Kier molecular flexibility index (Phi) is 5.21. The molecule has 1 N–H and O–H groups in total. The van der Waals surface area contributed by atoms with Gasteiger partial charge in [0.05, 0.1) is 5.69 Å². The van der Waals surface area contributed by atoms with E-state index in [0.29, 0.717) is 12.1 Å². The minimum Gasteiger partial charge on any atom is -0.372 e. The topological polar surface area (TPSA) is 52.7 Å². The van der Waals surface area contributed by atoms with Crippen LogP contribution in [0.15, 0.2) is 60.7 Å². The Bertz CT molecular complexity index is 1050. The van der Waals surface area contributed by atoms with Crippen LogP contribution in [0.2, 0.25) is 0 Å². The van der Waals surface area contributed by atoms with Crippen molar-refractivity contribution >= 4 is 34.0 Å². The molecule has 1 aliphatic rings. The molecule has 0 aromatic heterocycles. The van der Waals surface area contributed by atoms with Crippen LogP contribution in [-0.2, 0) is 11.3 Å². The van der Waals surface area contributed by atoms with Gasteiger partial charge in [-0.2, -0.15) is 0 Å². The summed E-state index contributed by atoms with van der Waals surface area (Å²) in [4.78, 5) is 29.2. The second-order valence-electron chi connectivity index (χ2n) is 7.19. The molecule has 1 aliphatic heterocycles. The predicted octanol–water partition coefficient (Wildman–Crippen LogP) is 3.96. The summed E-state index contributed by atoms with van der Waals surface area (Å²) in [5.74, 6) is -0.286. The fourth-order valence-electron chi connectivity index (χ4n) is 3.95. The fraction of sp³-hybridized carbons (Fsp3) is 0.250. The van der Waals surface area contributed by atoms with Crippen molar-refractivity contribution in [2.45, 2.75) is 20.4 Å². The van der Waals surface area contributed by atoms with Gasteiger partial charge in [-0.05, 0) is 49.1 Å². The Labute approximate surface area is 170 Å². The third kappa shape index (κ3) is 3.56. The molecule has 29 heavy (non-hydrogen) atoms. The van der Waals surface area contributed by atoms with Crippen molar-refractivity contribution < 1.29 is 9.59 Å². The van der Waals surface area contributed by atoms with Crippen LogP contribution in [0.25, 0.3) is 10.8 Å². The van der Waals surface area contributed by atoms with E-state index in [-0.39, 0.29) is 18.4 Å². The third-order valence-electron chi connectivity index (χ3n) is 5.51. The first-order chi connectivity index (χ1) is 14.1. The Morgan fingerprint density at radius 3 is 2.34 bits per heavy atom. The molecule has 0 saturated heterocycles. The number of nitrogens with zero attached hydrogens (tertiary/aromatic N) is 2. The van der Waals surface area contributed by atoms with Crippen LogP contribution in [0.5, 0.6) is 0 Å². The molecule has 0 radical (unpaired) electrons. The van der Waals surface area contributed by atoms with Crippen LogP contribution in [0.3, 0.4) is 0 Å². The Hall–Kier alpha value is -3.34. The first-order valence-corrected chi connectivity index (χ1v) is 10.1. The van der Waals surface area contributed by atoms with E-state index in [1.807, 2.05) is 48.5 Å². The normalized spacial score (nSPS) is 12.5. The van der Waals surface area contributed by atoms with Crippen LogP contribution in [0.4, 0.5) is 11.4 Å². The summed E-state index contributed by atoms with van der Waals surface area (Å²) >= 11 is 0. The molecule has 3 aromatic rings. The Balaban J connectivity index is 1.41. The second kappa shape index (κ2) is 7.95. The minimum atomic E-state index is -0.170. The van der Waals surface area contributed by atoms with Gasteiger partial charge in [0.1, 0.15) is 6.54 Å². The Morgan fingerprint density at radius 1 is 0.966 bits per heavy atom. The number of carbonyl (C=O) groups is 2. The molecule has 3 aromatic carbocycles. The molecule has 5 heteroatoms. The summed E-state index contributed by atoms with van der Waals surface area (Å²) in [6, 6.07) is 19.7. The summed E-state index contributed by atoms with van der Waals surface area (Å²) in [7, 11) is 0. The molecule has 0 saturated carbocycles. The summed E-state index contributed by atoms with van der Waals surface area (Å²) in [5.41, 5.74) is 3.69.